The second kappa shape index (κ2) is 4.32. The maximum atomic E-state index is 11.3. The molecular weight excluding hydrogens is 234 g/mol. The standard InChI is InChI=1S/C10H11N7O/c18-10-14-13-9-3-2-8(15-17(9)10)11-5-7-16-6-1-4-12-16/h1-4,6H,5,7H2,(H,11,15)(H,14,18). The molecule has 8 nitrogen and oxygen atoms in total. The first-order valence-electron chi connectivity index (χ1n) is 5.49. The van der Waals surface area contributed by atoms with Crippen molar-refractivity contribution in [2.75, 3.05) is 11.9 Å². The van der Waals surface area contributed by atoms with Crippen molar-refractivity contribution in [1.82, 2.24) is 29.6 Å². The van der Waals surface area contributed by atoms with E-state index < -0.39 is 0 Å². The van der Waals surface area contributed by atoms with Crippen LogP contribution in [0, 0.1) is 0 Å². The molecular formula is C10H11N7O. The maximum Gasteiger partial charge on any atom is 0.364 e. The Balaban J connectivity index is 1.70. The summed E-state index contributed by atoms with van der Waals surface area (Å²) in [5.41, 5.74) is 0.151. The van der Waals surface area contributed by atoms with Crippen molar-refractivity contribution < 1.29 is 0 Å². The van der Waals surface area contributed by atoms with Gasteiger partial charge in [0.15, 0.2) is 5.65 Å². The molecule has 0 aliphatic rings. The van der Waals surface area contributed by atoms with Gasteiger partial charge in [0.1, 0.15) is 5.82 Å². The molecule has 2 N–H and O–H groups in total. The Labute approximate surface area is 101 Å². The molecule has 3 aromatic rings. The van der Waals surface area contributed by atoms with E-state index in [2.05, 4.69) is 25.7 Å². The third-order valence-electron chi connectivity index (χ3n) is 2.48. The summed E-state index contributed by atoms with van der Waals surface area (Å²) in [5.74, 6) is 0.623. The van der Waals surface area contributed by atoms with Gasteiger partial charge in [-0.25, -0.2) is 9.89 Å². The lowest BCUT2D eigenvalue weighted by Crippen LogP contribution is -2.16. The molecule has 0 amide bonds. The van der Waals surface area contributed by atoms with Crippen LogP contribution in [-0.2, 0) is 6.54 Å². The highest BCUT2D eigenvalue weighted by atomic mass is 16.2. The predicted molar refractivity (Wildman–Crippen MR) is 64.3 cm³/mol. The van der Waals surface area contributed by atoms with Crippen molar-refractivity contribution >= 4 is 11.5 Å². The van der Waals surface area contributed by atoms with Crippen molar-refractivity contribution in [2.45, 2.75) is 6.54 Å². The average Bonchev–Trinajstić information content (AvgIpc) is 3.01. The van der Waals surface area contributed by atoms with E-state index in [1.54, 1.807) is 18.3 Å². The molecule has 0 fully saturated rings. The second-order valence-electron chi connectivity index (χ2n) is 3.71. The molecule has 0 spiro atoms. The molecule has 3 rings (SSSR count). The van der Waals surface area contributed by atoms with E-state index in [0.29, 0.717) is 18.0 Å². The van der Waals surface area contributed by atoms with Gasteiger partial charge >= 0.3 is 5.69 Å². The zero-order valence-corrected chi connectivity index (χ0v) is 9.45. The summed E-state index contributed by atoms with van der Waals surface area (Å²) >= 11 is 0. The zero-order chi connectivity index (χ0) is 12.4. The molecule has 0 bridgehead atoms. The van der Waals surface area contributed by atoms with E-state index in [1.807, 2.05) is 16.9 Å². The van der Waals surface area contributed by atoms with E-state index in [1.165, 1.54) is 4.52 Å². The molecule has 0 aromatic carbocycles. The molecule has 8 heteroatoms. The summed E-state index contributed by atoms with van der Waals surface area (Å²) in [6.45, 7) is 1.40. The average molecular weight is 245 g/mol. The van der Waals surface area contributed by atoms with E-state index in [0.717, 1.165) is 6.54 Å². The van der Waals surface area contributed by atoms with Gasteiger partial charge in [0.2, 0.25) is 0 Å². The zero-order valence-electron chi connectivity index (χ0n) is 9.45. The Morgan fingerprint density at radius 2 is 2.33 bits per heavy atom. The largest absolute Gasteiger partial charge is 0.367 e. The minimum absolute atomic E-state index is 0.347. The maximum absolute atomic E-state index is 11.3. The lowest BCUT2D eigenvalue weighted by atomic mass is 10.5. The Bertz CT molecular complexity index is 696. The predicted octanol–water partition coefficient (Wildman–Crippen LogP) is -0.274. The Kier molecular flexibility index (Phi) is 2.52. The topological polar surface area (TPSA) is 92.9 Å². The number of nitrogens with zero attached hydrogens (tertiary/aromatic N) is 5. The van der Waals surface area contributed by atoms with Crippen LogP contribution in [0.2, 0.25) is 0 Å². The highest BCUT2D eigenvalue weighted by molar-refractivity contribution is 5.42. The number of fused-ring (bicyclic) bond motifs is 1. The van der Waals surface area contributed by atoms with Gasteiger partial charge in [-0.3, -0.25) is 4.68 Å². The van der Waals surface area contributed by atoms with Crippen LogP contribution in [0.25, 0.3) is 5.65 Å². The molecule has 0 atom stereocenters. The summed E-state index contributed by atoms with van der Waals surface area (Å²) in [4.78, 5) is 11.3. The monoisotopic (exact) mass is 245 g/mol. The number of rotatable bonds is 4. The molecule has 3 heterocycles. The van der Waals surface area contributed by atoms with Crippen LogP contribution in [0.4, 0.5) is 5.82 Å². The number of aromatic amines is 1. The number of anilines is 1. The lowest BCUT2D eigenvalue weighted by molar-refractivity contribution is 0.636. The van der Waals surface area contributed by atoms with Crippen molar-refractivity contribution in [3.05, 3.63) is 41.1 Å². The Morgan fingerprint density at radius 3 is 3.17 bits per heavy atom. The van der Waals surface area contributed by atoms with Gasteiger partial charge in [0.05, 0.1) is 6.54 Å². The van der Waals surface area contributed by atoms with Crippen LogP contribution in [0.1, 0.15) is 0 Å². The lowest BCUT2D eigenvalue weighted by Gasteiger charge is -2.05. The first-order valence-corrected chi connectivity index (χ1v) is 5.49. The van der Waals surface area contributed by atoms with Crippen LogP contribution in [0.3, 0.4) is 0 Å². The third kappa shape index (κ3) is 1.95. The van der Waals surface area contributed by atoms with Crippen LogP contribution in [-0.4, -0.2) is 36.1 Å². The van der Waals surface area contributed by atoms with Gasteiger partial charge in [-0.05, 0) is 18.2 Å². The van der Waals surface area contributed by atoms with Crippen molar-refractivity contribution in [1.29, 1.82) is 0 Å². The molecule has 0 unspecified atom stereocenters. The summed E-state index contributed by atoms with van der Waals surface area (Å²) in [7, 11) is 0. The molecule has 0 aliphatic heterocycles. The van der Waals surface area contributed by atoms with Crippen LogP contribution in [0.5, 0.6) is 0 Å². The Hall–Kier alpha value is -2.64. The van der Waals surface area contributed by atoms with E-state index >= 15 is 0 Å². The number of hydrogen-bond donors (Lipinski definition) is 2. The van der Waals surface area contributed by atoms with Crippen molar-refractivity contribution in [3.8, 4) is 0 Å². The van der Waals surface area contributed by atoms with E-state index in [4.69, 9.17) is 0 Å². The molecule has 18 heavy (non-hydrogen) atoms. The first-order chi connectivity index (χ1) is 8.83. The van der Waals surface area contributed by atoms with Gasteiger partial charge < -0.3 is 5.32 Å². The Morgan fingerprint density at radius 1 is 1.39 bits per heavy atom. The number of aromatic nitrogens is 6. The highest BCUT2D eigenvalue weighted by Gasteiger charge is 2.02. The van der Waals surface area contributed by atoms with Crippen LogP contribution >= 0.6 is 0 Å². The van der Waals surface area contributed by atoms with Gasteiger partial charge in [-0.15, -0.1) is 5.10 Å². The minimum Gasteiger partial charge on any atom is -0.367 e. The molecule has 92 valence electrons. The SMILES string of the molecule is O=c1[nH]nc2ccc(NCCn3cccn3)nn12. The second-order valence-corrected chi connectivity index (χ2v) is 3.71. The number of H-pyrrole nitrogens is 1. The van der Waals surface area contributed by atoms with E-state index in [-0.39, 0.29) is 5.69 Å². The quantitative estimate of drug-likeness (QED) is 0.659. The fraction of sp³-hybridized carbons (Fsp3) is 0.200. The van der Waals surface area contributed by atoms with Gasteiger partial charge in [-0.1, -0.05) is 0 Å². The summed E-state index contributed by atoms with van der Waals surface area (Å²) < 4.78 is 3.03. The molecule has 0 saturated heterocycles. The van der Waals surface area contributed by atoms with Gasteiger partial charge in [-0.2, -0.15) is 14.7 Å². The summed E-state index contributed by atoms with van der Waals surface area (Å²) in [6, 6.07) is 5.37. The fourth-order valence-electron chi connectivity index (χ4n) is 1.63. The molecule has 3 aromatic heterocycles. The minimum atomic E-state index is -0.347. The van der Waals surface area contributed by atoms with Gasteiger partial charge in [0, 0.05) is 18.9 Å². The molecule has 0 saturated carbocycles. The number of nitrogens with one attached hydrogen (secondary N) is 2. The van der Waals surface area contributed by atoms with Crippen LogP contribution in [0.15, 0.2) is 35.4 Å². The highest BCUT2D eigenvalue weighted by Crippen LogP contribution is 2.02. The fourth-order valence-corrected chi connectivity index (χ4v) is 1.63. The van der Waals surface area contributed by atoms with Gasteiger partial charge in [0.25, 0.3) is 0 Å². The third-order valence-corrected chi connectivity index (χ3v) is 2.48. The van der Waals surface area contributed by atoms with E-state index in [9.17, 15) is 4.79 Å². The summed E-state index contributed by atoms with van der Waals surface area (Å²) in [5, 5.41) is 17.5. The molecule has 0 aliphatic carbocycles. The van der Waals surface area contributed by atoms with Crippen molar-refractivity contribution in [3.63, 3.8) is 0 Å². The molecule has 0 radical (unpaired) electrons. The normalized spacial score (nSPS) is 10.9. The summed E-state index contributed by atoms with van der Waals surface area (Å²) in [6.07, 6.45) is 3.62. The first kappa shape index (κ1) is 10.5. The van der Waals surface area contributed by atoms with Crippen LogP contribution < -0.4 is 11.0 Å². The number of hydrogen-bond acceptors (Lipinski definition) is 5. The smallest absolute Gasteiger partial charge is 0.364 e. The van der Waals surface area contributed by atoms with Crippen molar-refractivity contribution in [2.24, 2.45) is 0 Å².